The normalized spacial score (nSPS) is 10.4. The Balaban J connectivity index is 0. The summed E-state index contributed by atoms with van der Waals surface area (Å²) in [7, 11) is -4.82. The van der Waals surface area contributed by atoms with Gasteiger partial charge in [-0.3, -0.25) is 14.7 Å². The number of nitrogens with zero attached hydrogens (tertiary/aromatic N) is 1. The van der Waals surface area contributed by atoms with Gasteiger partial charge in [-0.15, -0.1) is 0 Å². The molecule has 0 aliphatic heterocycles. The molecule has 0 heterocycles. The number of carboxylic acid groups (broad SMARTS) is 1. The van der Waals surface area contributed by atoms with Crippen molar-refractivity contribution in [2.75, 3.05) is 0 Å². The van der Waals surface area contributed by atoms with E-state index in [9.17, 15) is 23.3 Å². The van der Waals surface area contributed by atoms with E-state index in [0.717, 1.165) is 12.1 Å². The molecule has 0 aromatic heterocycles. The smallest absolute Gasteiger partial charge is 1.00 e. The molecule has 17 heavy (non-hydrogen) atoms. The Morgan fingerprint density at radius 3 is 2.29 bits per heavy atom. The van der Waals surface area contributed by atoms with Gasteiger partial charge >= 0.3 is 57.4 Å². The molecule has 0 spiro atoms. The molecule has 0 aliphatic carbocycles. The molecule has 2 N–H and O–H groups in total. The Morgan fingerprint density at radius 2 is 1.94 bits per heavy atom. The fourth-order valence-corrected chi connectivity index (χ4v) is 1.72. The maximum Gasteiger partial charge on any atom is 1.00 e. The molecule has 1 aromatic carbocycles. The quantitative estimate of drug-likeness (QED) is 0.275. The number of nitro groups is 1. The fraction of sp³-hybridized carbons (Fsp3) is 0. The van der Waals surface area contributed by atoms with Gasteiger partial charge in [0, 0.05) is 12.1 Å². The number of rotatable bonds is 3. The van der Waals surface area contributed by atoms with Gasteiger partial charge in [0.1, 0.15) is 4.90 Å². The van der Waals surface area contributed by atoms with Crippen molar-refractivity contribution in [1.29, 1.82) is 0 Å². The van der Waals surface area contributed by atoms with E-state index in [1.807, 2.05) is 0 Å². The molecule has 0 saturated carbocycles. The second kappa shape index (κ2) is 6.00. The van der Waals surface area contributed by atoms with Crippen molar-refractivity contribution in [3.63, 3.8) is 0 Å². The van der Waals surface area contributed by atoms with Crippen LogP contribution < -0.4 is 51.4 Å². The van der Waals surface area contributed by atoms with Gasteiger partial charge < -0.3 is 6.53 Å². The fourth-order valence-electron chi connectivity index (χ4n) is 1.01. The predicted molar refractivity (Wildman–Crippen MR) is 51.0 cm³/mol. The number of carbonyl (C=O) groups is 1. The second-order valence-corrected chi connectivity index (χ2v) is 4.11. The summed E-state index contributed by atoms with van der Waals surface area (Å²) in [4.78, 5) is 19.0. The van der Waals surface area contributed by atoms with Crippen LogP contribution in [-0.2, 0) is 10.1 Å². The van der Waals surface area contributed by atoms with Gasteiger partial charge in [0.15, 0.2) is 0 Å². The second-order valence-electron chi connectivity index (χ2n) is 2.72. The number of nitro benzene ring substituents is 1. The minimum absolute atomic E-state index is 0. The molecule has 0 atom stereocenters. The summed E-state index contributed by atoms with van der Waals surface area (Å²) in [5, 5.41) is 19.0. The van der Waals surface area contributed by atoms with Crippen LogP contribution in [0.4, 0.5) is 5.69 Å². The molecule has 1 aromatic rings. The molecule has 0 bridgehead atoms. The SMILES string of the molecule is O=C(O)c1ccc([N+](=O)[O-])cc1S(=O)(=O)O.[H-].[K+]. The maximum absolute atomic E-state index is 10.8. The summed E-state index contributed by atoms with van der Waals surface area (Å²) < 4.78 is 30.3. The number of hydrogen-bond acceptors (Lipinski definition) is 5. The Bertz CT molecular complexity index is 573. The van der Waals surface area contributed by atoms with E-state index in [4.69, 9.17) is 9.66 Å². The minimum atomic E-state index is -4.82. The molecule has 0 unspecified atom stereocenters. The van der Waals surface area contributed by atoms with Gasteiger partial charge in [-0.25, -0.2) is 4.79 Å². The van der Waals surface area contributed by atoms with Crippen molar-refractivity contribution in [3.8, 4) is 0 Å². The molecule has 0 saturated heterocycles. The number of hydrogen-bond donors (Lipinski definition) is 2. The summed E-state index contributed by atoms with van der Waals surface area (Å²) in [6.07, 6.45) is 0. The van der Waals surface area contributed by atoms with Crippen LogP contribution in [0.25, 0.3) is 0 Å². The molecule has 1 rings (SSSR count). The molecule has 8 nitrogen and oxygen atoms in total. The van der Waals surface area contributed by atoms with Crippen molar-refractivity contribution in [3.05, 3.63) is 33.9 Å². The summed E-state index contributed by atoms with van der Waals surface area (Å²) in [5.41, 5.74) is -1.36. The van der Waals surface area contributed by atoms with Crippen LogP contribution >= 0.6 is 0 Å². The van der Waals surface area contributed by atoms with Crippen LogP contribution in [0.3, 0.4) is 0 Å². The summed E-state index contributed by atoms with van der Waals surface area (Å²) in [5.74, 6) is -1.61. The van der Waals surface area contributed by atoms with Crippen LogP contribution in [0, 0.1) is 10.1 Å². The molecule has 10 heteroatoms. The molecule has 0 fully saturated rings. The zero-order valence-electron chi connectivity index (χ0n) is 9.52. The monoisotopic (exact) mass is 287 g/mol. The third-order valence-corrected chi connectivity index (χ3v) is 2.58. The minimum Gasteiger partial charge on any atom is -1.00 e. The van der Waals surface area contributed by atoms with Crippen molar-refractivity contribution in [2.45, 2.75) is 4.90 Å². The van der Waals surface area contributed by atoms with Crippen LogP contribution in [-0.4, -0.2) is 29.0 Å². The number of aromatic carboxylic acids is 1. The Hall–Kier alpha value is -0.364. The average molecular weight is 287 g/mol. The van der Waals surface area contributed by atoms with Crippen molar-refractivity contribution < 1.29 is 80.6 Å². The zero-order valence-corrected chi connectivity index (χ0v) is 12.5. The van der Waals surface area contributed by atoms with Gasteiger partial charge in [-0.1, -0.05) is 0 Å². The van der Waals surface area contributed by atoms with E-state index in [1.54, 1.807) is 0 Å². The van der Waals surface area contributed by atoms with Gasteiger partial charge in [0.05, 0.1) is 10.5 Å². The Morgan fingerprint density at radius 1 is 1.41 bits per heavy atom. The maximum atomic E-state index is 10.8. The molecular weight excluding hydrogens is 281 g/mol. The first-order valence-electron chi connectivity index (χ1n) is 3.72. The van der Waals surface area contributed by atoms with E-state index >= 15 is 0 Å². The van der Waals surface area contributed by atoms with E-state index in [-0.39, 0.29) is 52.8 Å². The summed E-state index contributed by atoms with van der Waals surface area (Å²) >= 11 is 0. The third kappa shape index (κ3) is 4.10. The van der Waals surface area contributed by atoms with Crippen molar-refractivity contribution >= 4 is 21.8 Å². The van der Waals surface area contributed by atoms with E-state index in [0.29, 0.717) is 6.07 Å². The summed E-state index contributed by atoms with van der Waals surface area (Å²) in [6, 6.07) is 2.06. The molecule has 0 aliphatic rings. The first-order valence-corrected chi connectivity index (χ1v) is 5.16. The van der Waals surface area contributed by atoms with Crippen molar-refractivity contribution in [2.24, 2.45) is 0 Å². The number of non-ortho nitro benzene ring substituents is 1. The van der Waals surface area contributed by atoms with Gasteiger partial charge in [0.2, 0.25) is 0 Å². The number of carboxylic acids is 1. The average Bonchev–Trinajstić information content (AvgIpc) is 2.15. The first kappa shape index (κ1) is 16.6. The Labute approximate surface area is 139 Å². The van der Waals surface area contributed by atoms with Gasteiger partial charge in [0.25, 0.3) is 15.8 Å². The molecular formula is C7H6KNO7S. The Kier molecular flexibility index (Phi) is 5.87. The molecule has 0 amide bonds. The largest absolute Gasteiger partial charge is 1.00 e. The van der Waals surface area contributed by atoms with Crippen LogP contribution in [0.5, 0.6) is 0 Å². The third-order valence-electron chi connectivity index (χ3n) is 1.68. The van der Waals surface area contributed by atoms with E-state index in [2.05, 4.69) is 0 Å². The molecule has 88 valence electrons. The van der Waals surface area contributed by atoms with Crippen molar-refractivity contribution in [1.82, 2.24) is 0 Å². The van der Waals surface area contributed by atoms with E-state index in [1.165, 1.54) is 0 Å². The zero-order chi connectivity index (χ0) is 12.5. The number of benzene rings is 1. The summed E-state index contributed by atoms with van der Waals surface area (Å²) in [6.45, 7) is 0. The van der Waals surface area contributed by atoms with Gasteiger partial charge in [-0.05, 0) is 6.07 Å². The predicted octanol–water partition coefficient (Wildman–Crippen LogP) is -2.34. The van der Waals surface area contributed by atoms with Crippen LogP contribution in [0.15, 0.2) is 23.1 Å². The van der Waals surface area contributed by atoms with Crippen LogP contribution in [0.1, 0.15) is 11.8 Å². The molecule has 0 radical (unpaired) electrons. The van der Waals surface area contributed by atoms with Gasteiger partial charge in [-0.2, -0.15) is 8.42 Å². The standard InChI is InChI=1S/C7H5NO7S.K.H/c9-7(10)5-2-1-4(8(11)12)3-6(5)16(13,14)15;;/h1-3H,(H,9,10)(H,13,14,15);;/q;+1;-1. The van der Waals surface area contributed by atoms with E-state index < -0.39 is 37.2 Å². The van der Waals surface area contributed by atoms with Crippen LogP contribution in [0.2, 0.25) is 0 Å². The topological polar surface area (TPSA) is 135 Å². The first-order chi connectivity index (χ1) is 7.23.